The van der Waals surface area contributed by atoms with Crippen molar-refractivity contribution in [3.63, 3.8) is 0 Å². The van der Waals surface area contributed by atoms with Crippen LogP contribution in [0, 0.1) is 6.92 Å². The zero-order chi connectivity index (χ0) is 18.4. The summed E-state index contributed by atoms with van der Waals surface area (Å²) in [5, 5.41) is 14.9. The fourth-order valence-corrected chi connectivity index (χ4v) is 5.33. The van der Waals surface area contributed by atoms with Gasteiger partial charge in [0, 0.05) is 18.5 Å². The number of likely N-dealkylation sites (tertiary alicyclic amines) is 1. The summed E-state index contributed by atoms with van der Waals surface area (Å²) in [7, 11) is 0. The number of hydrogen-bond acceptors (Lipinski definition) is 4. The van der Waals surface area contributed by atoms with Crippen LogP contribution in [0.4, 0.5) is 0 Å². The first-order chi connectivity index (χ1) is 13.2. The van der Waals surface area contributed by atoms with Crippen LogP contribution < -0.4 is 10.1 Å². The van der Waals surface area contributed by atoms with Crippen LogP contribution in [0.2, 0.25) is 0 Å². The van der Waals surface area contributed by atoms with Crippen molar-refractivity contribution in [2.45, 2.75) is 43.4 Å². The first-order valence-corrected chi connectivity index (χ1v) is 10.1. The van der Waals surface area contributed by atoms with E-state index in [9.17, 15) is 5.11 Å². The largest absolute Gasteiger partial charge is 0.488 e. The lowest BCUT2D eigenvalue weighted by Gasteiger charge is -2.46. The molecule has 2 atom stereocenters. The molecule has 2 saturated heterocycles. The molecule has 0 unspecified atom stereocenters. The van der Waals surface area contributed by atoms with Gasteiger partial charge in [-0.15, -0.1) is 0 Å². The SMILES string of the molecule is Cc1cccc(OC2CN([C@@H]3c4ccccc4C4(CCNCC4)[C@H]3O)C2)c1. The highest BCUT2D eigenvalue weighted by Crippen LogP contribution is 2.52. The highest BCUT2D eigenvalue weighted by atomic mass is 16.5. The smallest absolute Gasteiger partial charge is 0.124 e. The van der Waals surface area contributed by atoms with Gasteiger partial charge in [-0.25, -0.2) is 0 Å². The second kappa shape index (κ2) is 6.62. The molecule has 4 nitrogen and oxygen atoms in total. The Morgan fingerprint density at radius 2 is 1.85 bits per heavy atom. The van der Waals surface area contributed by atoms with Gasteiger partial charge in [0.25, 0.3) is 0 Å². The molecular weight excluding hydrogens is 336 g/mol. The second-order valence-electron chi connectivity index (χ2n) is 8.39. The van der Waals surface area contributed by atoms with E-state index in [1.54, 1.807) is 0 Å². The van der Waals surface area contributed by atoms with E-state index in [1.807, 2.05) is 12.1 Å². The number of rotatable bonds is 3. The summed E-state index contributed by atoms with van der Waals surface area (Å²) in [6, 6.07) is 17.0. The number of piperidine rings is 1. The highest BCUT2D eigenvalue weighted by Gasteiger charge is 2.54. The molecule has 2 aromatic rings. The number of aliphatic hydroxyl groups is 1. The summed E-state index contributed by atoms with van der Waals surface area (Å²) < 4.78 is 6.15. The molecule has 0 radical (unpaired) electrons. The Kier molecular flexibility index (Phi) is 4.23. The number of ether oxygens (including phenoxy) is 1. The van der Waals surface area contributed by atoms with Crippen molar-refractivity contribution in [1.82, 2.24) is 10.2 Å². The van der Waals surface area contributed by atoms with Crippen LogP contribution in [0.15, 0.2) is 48.5 Å². The number of hydrogen-bond donors (Lipinski definition) is 2. The van der Waals surface area contributed by atoms with Crippen molar-refractivity contribution in [3.05, 3.63) is 65.2 Å². The zero-order valence-electron chi connectivity index (χ0n) is 15.9. The predicted molar refractivity (Wildman–Crippen MR) is 106 cm³/mol. The molecule has 142 valence electrons. The Hall–Kier alpha value is -1.88. The predicted octanol–water partition coefficient (Wildman–Crippen LogP) is 2.80. The third-order valence-corrected chi connectivity index (χ3v) is 6.74. The van der Waals surface area contributed by atoms with E-state index < -0.39 is 0 Å². The fraction of sp³-hybridized carbons (Fsp3) is 0.478. The van der Waals surface area contributed by atoms with E-state index in [0.29, 0.717) is 0 Å². The molecule has 2 N–H and O–H groups in total. The van der Waals surface area contributed by atoms with Crippen molar-refractivity contribution in [1.29, 1.82) is 0 Å². The van der Waals surface area contributed by atoms with Crippen molar-refractivity contribution in [3.8, 4) is 5.75 Å². The Bertz CT molecular complexity index is 825. The first kappa shape index (κ1) is 17.2. The number of aryl methyl sites for hydroxylation is 1. The monoisotopic (exact) mass is 364 g/mol. The molecule has 0 bridgehead atoms. The lowest BCUT2D eigenvalue weighted by molar-refractivity contribution is -0.0672. The van der Waals surface area contributed by atoms with Gasteiger partial charge in [-0.05, 0) is 61.7 Å². The molecule has 3 aliphatic rings. The Labute approximate surface area is 161 Å². The van der Waals surface area contributed by atoms with E-state index in [0.717, 1.165) is 44.8 Å². The van der Waals surface area contributed by atoms with Crippen molar-refractivity contribution in [2.75, 3.05) is 26.2 Å². The molecule has 2 aliphatic heterocycles. The maximum Gasteiger partial charge on any atom is 0.124 e. The maximum absolute atomic E-state index is 11.4. The zero-order valence-corrected chi connectivity index (χ0v) is 15.9. The molecule has 4 heteroatoms. The number of nitrogens with zero attached hydrogens (tertiary/aromatic N) is 1. The summed E-state index contributed by atoms with van der Waals surface area (Å²) in [6.45, 7) is 5.80. The topological polar surface area (TPSA) is 44.7 Å². The number of fused-ring (bicyclic) bond motifs is 2. The third-order valence-electron chi connectivity index (χ3n) is 6.74. The average Bonchev–Trinajstić information content (AvgIpc) is 2.88. The van der Waals surface area contributed by atoms with Crippen LogP contribution in [0.1, 0.15) is 35.6 Å². The van der Waals surface area contributed by atoms with Crippen molar-refractivity contribution < 1.29 is 9.84 Å². The van der Waals surface area contributed by atoms with Gasteiger partial charge in [0.2, 0.25) is 0 Å². The highest BCUT2D eigenvalue weighted by molar-refractivity contribution is 5.46. The Morgan fingerprint density at radius 1 is 1.07 bits per heavy atom. The minimum Gasteiger partial charge on any atom is -0.488 e. The van der Waals surface area contributed by atoms with Gasteiger partial charge in [0.05, 0.1) is 12.1 Å². The molecule has 27 heavy (non-hydrogen) atoms. The van der Waals surface area contributed by atoms with Gasteiger partial charge in [0.1, 0.15) is 11.9 Å². The summed E-state index contributed by atoms with van der Waals surface area (Å²) >= 11 is 0. The summed E-state index contributed by atoms with van der Waals surface area (Å²) in [5.74, 6) is 0.946. The van der Waals surface area contributed by atoms with Crippen LogP contribution in [0.3, 0.4) is 0 Å². The number of aliphatic hydroxyl groups excluding tert-OH is 1. The lowest BCUT2D eigenvalue weighted by atomic mass is 9.72. The quantitative estimate of drug-likeness (QED) is 0.879. The van der Waals surface area contributed by atoms with Crippen molar-refractivity contribution >= 4 is 0 Å². The average molecular weight is 364 g/mol. The van der Waals surface area contributed by atoms with Gasteiger partial charge < -0.3 is 15.2 Å². The lowest BCUT2D eigenvalue weighted by Crippen LogP contribution is -2.58. The second-order valence-corrected chi connectivity index (χ2v) is 8.39. The third kappa shape index (κ3) is 2.78. The molecule has 0 aromatic heterocycles. The standard InChI is InChI=1S/C23H28N2O2/c1-16-5-4-6-17(13-16)27-18-14-25(15-18)21-19-7-2-3-8-20(19)23(22(21)26)9-11-24-12-10-23/h2-8,13,18,21-22,24,26H,9-12,14-15H2,1H3/t21-,22+/m1/s1. The first-order valence-electron chi connectivity index (χ1n) is 10.1. The summed E-state index contributed by atoms with van der Waals surface area (Å²) in [6.07, 6.45) is 1.89. The van der Waals surface area contributed by atoms with E-state index in [4.69, 9.17) is 4.74 Å². The van der Waals surface area contributed by atoms with Crippen LogP contribution in [-0.4, -0.2) is 48.4 Å². The molecule has 2 aromatic carbocycles. The number of benzene rings is 2. The van der Waals surface area contributed by atoms with E-state index >= 15 is 0 Å². The van der Waals surface area contributed by atoms with Gasteiger partial charge in [0.15, 0.2) is 0 Å². The minimum atomic E-state index is -0.336. The Morgan fingerprint density at radius 3 is 2.63 bits per heavy atom. The van der Waals surface area contributed by atoms with Crippen LogP contribution in [-0.2, 0) is 5.41 Å². The van der Waals surface area contributed by atoms with Gasteiger partial charge in [-0.1, -0.05) is 36.4 Å². The molecule has 0 amide bonds. The van der Waals surface area contributed by atoms with E-state index in [-0.39, 0.29) is 23.7 Å². The van der Waals surface area contributed by atoms with Crippen molar-refractivity contribution in [2.24, 2.45) is 0 Å². The van der Waals surface area contributed by atoms with Crippen LogP contribution in [0.25, 0.3) is 0 Å². The van der Waals surface area contributed by atoms with E-state index in [2.05, 4.69) is 53.5 Å². The molecule has 2 fully saturated rings. The molecule has 0 saturated carbocycles. The molecule has 1 aliphatic carbocycles. The Balaban J connectivity index is 1.34. The molecule has 5 rings (SSSR count). The summed E-state index contributed by atoms with van der Waals surface area (Å²) in [5.41, 5.74) is 3.82. The van der Waals surface area contributed by atoms with E-state index in [1.165, 1.54) is 16.7 Å². The van der Waals surface area contributed by atoms with Gasteiger partial charge in [-0.3, -0.25) is 4.90 Å². The summed E-state index contributed by atoms with van der Waals surface area (Å²) in [4.78, 5) is 2.40. The van der Waals surface area contributed by atoms with Gasteiger partial charge >= 0.3 is 0 Å². The molecular formula is C23H28N2O2. The molecule has 1 spiro atoms. The minimum absolute atomic E-state index is 0.0883. The van der Waals surface area contributed by atoms with Crippen LogP contribution >= 0.6 is 0 Å². The molecule has 2 heterocycles. The van der Waals surface area contributed by atoms with Gasteiger partial charge in [-0.2, -0.15) is 0 Å². The van der Waals surface area contributed by atoms with Crippen LogP contribution in [0.5, 0.6) is 5.75 Å². The number of nitrogens with one attached hydrogen (secondary N) is 1. The maximum atomic E-state index is 11.4. The fourth-order valence-electron chi connectivity index (χ4n) is 5.33. The normalized spacial score (nSPS) is 27.3.